The molecule has 2 amide bonds. The average Bonchev–Trinajstić information content (AvgIpc) is 3.89. The lowest BCUT2D eigenvalue weighted by atomic mass is 10.1. The van der Waals surface area contributed by atoms with Gasteiger partial charge in [0.1, 0.15) is 0 Å². The number of aliphatic carboxylic acids is 1. The molecule has 0 radical (unpaired) electrons. The molecule has 9 heteroatoms. The van der Waals surface area contributed by atoms with Gasteiger partial charge in [0.2, 0.25) is 11.8 Å². The van der Waals surface area contributed by atoms with Gasteiger partial charge in [0.15, 0.2) is 0 Å². The van der Waals surface area contributed by atoms with E-state index in [2.05, 4.69) is 39.6 Å². The predicted molar refractivity (Wildman–Crippen MR) is 177 cm³/mol. The average molecular weight is 610 g/mol. The standard InChI is InChI=1S/C32H63N5O2.C2H4O2/c1-3-5-7-9-11-13-15-17-19-21-31(38)33-27-29(36-23-24-36)35-30(37-25-26-37)28-34-32(39)22-20-18-16-14-12-10-8-6-4-2;1-2(3)4/h29-30,35H,3-28H2,1-2H3,(H,33,38)(H,34,39);1H3,(H,3,4). The van der Waals surface area contributed by atoms with Crippen LogP contribution in [0.5, 0.6) is 0 Å². The van der Waals surface area contributed by atoms with Crippen LogP contribution >= 0.6 is 0 Å². The van der Waals surface area contributed by atoms with E-state index in [1.807, 2.05) is 0 Å². The highest BCUT2D eigenvalue weighted by molar-refractivity contribution is 5.76. The molecule has 2 rings (SSSR count). The van der Waals surface area contributed by atoms with Crippen molar-refractivity contribution in [2.24, 2.45) is 0 Å². The zero-order chi connectivity index (χ0) is 31.5. The normalized spacial score (nSPS) is 15.7. The van der Waals surface area contributed by atoms with E-state index >= 15 is 0 Å². The molecular weight excluding hydrogens is 542 g/mol. The molecule has 9 nitrogen and oxygen atoms in total. The van der Waals surface area contributed by atoms with E-state index in [4.69, 9.17) is 9.90 Å². The predicted octanol–water partition coefficient (Wildman–Crippen LogP) is 6.02. The molecule has 0 aromatic heterocycles. The second-order valence-corrected chi connectivity index (χ2v) is 12.6. The summed E-state index contributed by atoms with van der Waals surface area (Å²) in [6.45, 7) is 11.2. The number of carbonyl (C=O) groups excluding carboxylic acids is 2. The van der Waals surface area contributed by atoms with E-state index in [0.717, 1.165) is 58.8 Å². The molecule has 2 aliphatic heterocycles. The first-order chi connectivity index (χ1) is 20.9. The first-order valence-corrected chi connectivity index (χ1v) is 17.8. The molecule has 2 atom stereocenters. The van der Waals surface area contributed by atoms with Gasteiger partial charge in [-0.15, -0.1) is 0 Å². The first-order valence-electron chi connectivity index (χ1n) is 17.8. The van der Waals surface area contributed by atoms with E-state index in [9.17, 15) is 9.59 Å². The lowest BCUT2D eigenvalue weighted by Gasteiger charge is -2.28. The fourth-order valence-corrected chi connectivity index (χ4v) is 5.34. The zero-order valence-corrected chi connectivity index (χ0v) is 28.1. The van der Waals surface area contributed by atoms with Gasteiger partial charge in [-0.05, 0) is 12.8 Å². The van der Waals surface area contributed by atoms with Crippen LogP contribution in [0.1, 0.15) is 149 Å². The van der Waals surface area contributed by atoms with Gasteiger partial charge in [0, 0.05) is 59.0 Å². The Morgan fingerprint density at radius 3 is 1.12 bits per heavy atom. The molecule has 0 aromatic rings. The van der Waals surface area contributed by atoms with Gasteiger partial charge in [-0.3, -0.25) is 29.5 Å². The molecule has 0 aliphatic carbocycles. The summed E-state index contributed by atoms with van der Waals surface area (Å²) in [5.41, 5.74) is 0. The molecule has 2 fully saturated rings. The lowest BCUT2D eigenvalue weighted by molar-refractivity contribution is -0.134. The molecule has 43 heavy (non-hydrogen) atoms. The maximum absolute atomic E-state index is 12.4. The Balaban J connectivity index is 0.00000217. The van der Waals surface area contributed by atoms with E-state index in [1.54, 1.807) is 0 Å². The smallest absolute Gasteiger partial charge is 0.300 e. The molecule has 252 valence electrons. The van der Waals surface area contributed by atoms with E-state index in [1.165, 1.54) is 89.9 Å². The van der Waals surface area contributed by atoms with Crippen LogP contribution in [0.2, 0.25) is 0 Å². The van der Waals surface area contributed by atoms with E-state index in [-0.39, 0.29) is 24.1 Å². The van der Waals surface area contributed by atoms with Crippen molar-refractivity contribution in [3.8, 4) is 0 Å². The van der Waals surface area contributed by atoms with Gasteiger partial charge in [-0.2, -0.15) is 0 Å². The van der Waals surface area contributed by atoms with Gasteiger partial charge in [-0.25, -0.2) is 0 Å². The van der Waals surface area contributed by atoms with Gasteiger partial charge in [-0.1, -0.05) is 117 Å². The third kappa shape index (κ3) is 25.3. The molecule has 2 unspecified atom stereocenters. The van der Waals surface area contributed by atoms with Crippen molar-refractivity contribution < 1.29 is 19.5 Å². The summed E-state index contributed by atoms with van der Waals surface area (Å²) in [5, 5.41) is 17.5. The SMILES string of the molecule is CC(=O)O.CCCCCCCCCCCC(=O)NCC(NC(CNC(=O)CCCCCCCCCCC)N1CC1)N1CC1. The largest absolute Gasteiger partial charge is 0.481 e. The Hall–Kier alpha value is -1.71. The number of amides is 2. The highest BCUT2D eigenvalue weighted by Gasteiger charge is 2.34. The number of carboxylic acids is 1. The summed E-state index contributed by atoms with van der Waals surface area (Å²) in [6.07, 6.45) is 24.4. The van der Waals surface area contributed by atoms with Gasteiger partial charge < -0.3 is 15.7 Å². The van der Waals surface area contributed by atoms with Crippen molar-refractivity contribution in [3.63, 3.8) is 0 Å². The van der Waals surface area contributed by atoms with Crippen molar-refractivity contribution in [1.29, 1.82) is 0 Å². The second kappa shape index (κ2) is 26.7. The fraction of sp³-hybridized carbons (Fsp3) is 0.912. The first kappa shape index (κ1) is 39.3. The summed E-state index contributed by atoms with van der Waals surface area (Å²) in [7, 11) is 0. The second-order valence-electron chi connectivity index (χ2n) is 12.6. The minimum Gasteiger partial charge on any atom is -0.481 e. The molecule has 0 saturated carbocycles. The number of nitrogens with one attached hydrogen (secondary N) is 3. The Labute approximate surface area is 263 Å². The zero-order valence-electron chi connectivity index (χ0n) is 28.1. The minimum atomic E-state index is -0.833. The van der Waals surface area contributed by atoms with Gasteiger partial charge >= 0.3 is 0 Å². The third-order valence-electron chi connectivity index (χ3n) is 8.23. The van der Waals surface area contributed by atoms with Crippen molar-refractivity contribution in [1.82, 2.24) is 25.8 Å². The highest BCUT2D eigenvalue weighted by atomic mass is 16.4. The number of unbranched alkanes of at least 4 members (excludes halogenated alkanes) is 16. The fourth-order valence-electron chi connectivity index (χ4n) is 5.34. The number of carbonyl (C=O) groups is 3. The number of carboxylic acid groups (broad SMARTS) is 1. The van der Waals surface area contributed by atoms with Crippen molar-refractivity contribution >= 4 is 17.8 Å². The van der Waals surface area contributed by atoms with Gasteiger partial charge in [0.05, 0.1) is 12.3 Å². The van der Waals surface area contributed by atoms with Crippen molar-refractivity contribution in [2.45, 2.75) is 162 Å². The maximum Gasteiger partial charge on any atom is 0.300 e. The van der Waals surface area contributed by atoms with Crippen LogP contribution in [0, 0.1) is 0 Å². The summed E-state index contributed by atoms with van der Waals surface area (Å²) >= 11 is 0. The number of hydrogen-bond donors (Lipinski definition) is 4. The lowest BCUT2D eigenvalue weighted by Crippen LogP contribution is -2.55. The molecular formula is C34H67N5O4. The minimum absolute atomic E-state index is 0.136. The molecule has 0 aromatic carbocycles. The Kier molecular flexibility index (Phi) is 24.4. The van der Waals surface area contributed by atoms with Crippen LogP contribution in [0.15, 0.2) is 0 Å². The molecule has 4 N–H and O–H groups in total. The van der Waals surface area contributed by atoms with Crippen LogP contribution in [0.3, 0.4) is 0 Å². The molecule has 2 aliphatic rings. The van der Waals surface area contributed by atoms with E-state index in [0.29, 0.717) is 25.9 Å². The van der Waals surface area contributed by atoms with Crippen molar-refractivity contribution in [3.05, 3.63) is 0 Å². The highest BCUT2D eigenvalue weighted by Crippen LogP contribution is 2.15. The molecule has 2 saturated heterocycles. The summed E-state index contributed by atoms with van der Waals surface area (Å²) in [5.74, 6) is -0.492. The Bertz CT molecular complexity index is 659. The van der Waals surface area contributed by atoms with Gasteiger partial charge in [0.25, 0.3) is 5.97 Å². The summed E-state index contributed by atoms with van der Waals surface area (Å²) < 4.78 is 0. The monoisotopic (exact) mass is 610 g/mol. The van der Waals surface area contributed by atoms with Crippen LogP contribution in [-0.2, 0) is 14.4 Å². The maximum atomic E-state index is 12.4. The number of nitrogens with zero attached hydrogens (tertiary/aromatic N) is 2. The quantitative estimate of drug-likeness (QED) is 0.0633. The summed E-state index contributed by atoms with van der Waals surface area (Å²) in [6, 6.07) is 0. The molecule has 2 heterocycles. The van der Waals surface area contributed by atoms with Crippen molar-refractivity contribution in [2.75, 3.05) is 39.3 Å². The topological polar surface area (TPSA) is 114 Å². The number of rotatable bonds is 28. The Morgan fingerprint density at radius 1 is 0.558 bits per heavy atom. The van der Waals surface area contributed by atoms with Crippen LogP contribution in [0.25, 0.3) is 0 Å². The molecule has 0 bridgehead atoms. The summed E-state index contributed by atoms with van der Waals surface area (Å²) in [4.78, 5) is 38.6. The Morgan fingerprint density at radius 2 is 0.837 bits per heavy atom. The third-order valence-corrected chi connectivity index (χ3v) is 8.23. The van der Waals surface area contributed by atoms with Crippen LogP contribution in [0.4, 0.5) is 0 Å². The van der Waals surface area contributed by atoms with Crippen LogP contribution < -0.4 is 16.0 Å². The molecule has 0 spiro atoms. The van der Waals surface area contributed by atoms with Crippen LogP contribution in [-0.4, -0.2) is 84.3 Å². The van der Waals surface area contributed by atoms with E-state index < -0.39 is 5.97 Å². The number of hydrogen-bond acceptors (Lipinski definition) is 6.